The Hall–Kier alpha value is -2.38. The number of aromatic nitrogens is 3. The summed E-state index contributed by atoms with van der Waals surface area (Å²) in [5.41, 5.74) is 4.17. The van der Waals surface area contributed by atoms with Gasteiger partial charge >= 0.3 is 0 Å². The predicted octanol–water partition coefficient (Wildman–Crippen LogP) is 0.201. The summed E-state index contributed by atoms with van der Waals surface area (Å²) >= 11 is 0. The van der Waals surface area contributed by atoms with Crippen molar-refractivity contribution in [3.63, 3.8) is 0 Å². The number of nitrogens with one attached hydrogen (secondary N) is 2. The van der Waals surface area contributed by atoms with Gasteiger partial charge in [-0.05, 0) is 12.8 Å². The lowest BCUT2D eigenvalue weighted by molar-refractivity contribution is -0.121. The van der Waals surface area contributed by atoms with E-state index in [0.29, 0.717) is 6.42 Å². The molecule has 0 fully saturated rings. The van der Waals surface area contributed by atoms with Crippen LogP contribution in [0.3, 0.4) is 0 Å². The first-order valence-electron chi connectivity index (χ1n) is 6.53. The summed E-state index contributed by atoms with van der Waals surface area (Å²) in [4.78, 5) is 27.2. The monoisotopic (exact) mass is 276 g/mol. The van der Waals surface area contributed by atoms with Crippen molar-refractivity contribution in [2.75, 3.05) is 5.32 Å². The standard InChI is InChI=1S/C12H16N6O2/c1-3-7-8(4-2)15-18-12(13-7)14-11(20)9-5-6-10(19)17-16-9/h3-6H2,1-2H3,(H,17,19)(H,13,14,18,20). The van der Waals surface area contributed by atoms with Gasteiger partial charge in [0.25, 0.3) is 5.91 Å². The molecule has 1 aromatic heterocycles. The predicted molar refractivity (Wildman–Crippen MR) is 72.0 cm³/mol. The Morgan fingerprint density at radius 2 is 1.95 bits per heavy atom. The van der Waals surface area contributed by atoms with Gasteiger partial charge in [-0.1, -0.05) is 13.8 Å². The molecular formula is C12H16N6O2. The Labute approximate surface area is 116 Å². The van der Waals surface area contributed by atoms with Crippen LogP contribution in [0.15, 0.2) is 5.10 Å². The van der Waals surface area contributed by atoms with Crippen molar-refractivity contribution in [1.82, 2.24) is 20.6 Å². The van der Waals surface area contributed by atoms with E-state index in [-0.39, 0.29) is 24.0 Å². The molecule has 0 aromatic carbocycles. The molecule has 2 rings (SSSR count). The molecule has 2 heterocycles. The van der Waals surface area contributed by atoms with Gasteiger partial charge in [-0.2, -0.15) is 5.10 Å². The zero-order valence-corrected chi connectivity index (χ0v) is 11.4. The van der Waals surface area contributed by atoms with Gasteiger partial charge in [0.2, 0.25) is 11.9 Å². The van der Waals surface area contributed by atoms with Crippen molar-refractivity contribution in [3.05, 3.63) is 11.4 Å². The van der Waals surface area contributed by atoms with Crippen molar-refractivity contribution in [2.45, 2.75) is 39.5 Å². The van der Waals surface area contributed by atoms with Crippen LogP contribution in [0.1, 0.15) is 38.1 Å². The number of nitrogens with zero attached hydrogens (tertiary/aromatic N) is 4. The lowest BCUT2D eigenvalue weighted by atomic mass is 10.2. The summed E-state index contributed by atoms with van der Waals surface area (Å²) in [6.45, 7) is 3.94. The minimum absolute atomic E-state index is 0.156. The van der Waals surface area contributed by atoms with E-state index in [4.69, 9.17) is 0 Å². The number of hydrogen-bond donors (Lipinski definition) is 2. The minimum atomic E-state index is -0.418. The van der Waals surface area contributed by atoms with E-state index in [0.717, 1.165) is 24.2 Å². The Morgan fingerprint density at radius 3 is 2.55 bits per heavy atom. The molecular weight excluding hydrogens is 260 g/mol. The second-order valence-corrected chi connectivity index (χ2v) is 4.28. The summed E-state index contributed by atoms with van der Waals surface area (Å²) in [7, 11) is 0. The molecule has 0 bridgehead atoms. The third-order valence-electron chi connectivity index (χ3n) is 2.90. The molecule has 0 unspecified atom stereocenters. The summed E-state index contributed by atoms with van der Waals surface area (Å²) in [5, 5.41) is 14.2. The highest BCUT2D eigenvalue weighted by atomic mass is 16.2. The van der Waals surface area contributed by atoms with Gasteiger partial charge in [-0.15, -0.1) is 10.2 Å². The third kappa shape index (κ3) is 3.14. The van der Waals surface area contributed by atoms with Gasteiger partial charge in [0.15, 0.2) is 0 Å². The van der Waals surface area contributed by atoms with Crippen LogP contribution in [0.4, 0.5) is 5.95 Å². The fraction of sp³-hybridized carbons (Fsp3) is 0.500. The number of amides is 2. The van der Waals surface area contributed by atoms with Crippen molar-refractivity contribution < 1.29 is 9.59 Å². The van der Waals surface area contributed by atoms with Gasteiger partial charge in [-0.25, -0.2) is 10.4 Å². The van der Waals surface area contributed by atoms with Crippen molar-refractivity contribution in [2.24, 2.45) is 5.10 Å². The first-order valence-corrected chi connectivity index (χ1v) is 6.53. The normalized spacial score (nSPS) is 14.5. The first-order chi connectivity index (χ1) is 9.63. The Balaban J connectivity index is 2.10. The van der Waals surface area contributed by atoms with Gasteiger partial charge in [0, 0.05) is 12.8 Å². The van der Waals surface area contributed by atoms with E-state index in [2.05, 4.69) is 31.0 Å². The molecule has 1 aliphatic rings. The van der Waals surface area contributed by atoms with E-state index >= 15 is 0 Å². The van der Waals surface area contributed by atoms with Gasteiger partial charge in [0.05, 0.1) is 11.4 Å². The van der Waals surface area contributed by atoms with E-state index in [1.165, 1.54) is 0 Å². The molecule has 0 aliphatic carbocycles. The third-order valence-corrected chi connectivity index (χ3v) is 2.90. The molecule has 8 heteroatoms. The maximum Gasteiger partial charge on any atom is 0.274 e. The molecule has 0 saturated carbocycles. The molecule has 2 amide bonds. The van der Waals surface area contributed by atoms with Crippen molar-refractivity contribution in [3.8, 4) is 0 Å². The molecule has 8 nitrogen and oxygen atoms in total. The van der Waals surface area contributed by atoms with Crippen LogP contribution in [0.25, 0.3) is 0 Å². The highest BCUT2D eigenvalue weighted by Crippen LogP contribution is 2.08. The minimum Gasteiger partial charge on any atom is -0.288 e. The number of carbonyl (C=O) groups is 2. The maximum atomic E-state index is 11.9. The fourth-order valence-corrected chi connectivity index (χ4v) is 1.80. The molecule has 106 valence electrons. The number of hydrazone groups is 1. The Bertz CT molecular complexity index is 569. The topological polar surface area (TPSA) is 109 Å². The smallest absolute Gasteiger partial charge is 0.274 e. The number of hydrogen-bond acceptors (Lipinski definition) is 6. The molecule has 1 aliphatic heterocycles. The van der Waals surface area contributed by atoms with Gasteiger partial charge in [0.1, 0.15) is 5.71 Å². The number of rotatable bonds is 4. The Kier molecular flexibility index (Phi) is 4.34. The average molecular weight is 276 g/mol. The van der Waals surface area contributed by atoms with E-state index in [1.54, 1.807) is 0 Å². The largest absolute Gasteiger partial charge is 0.288 e. The molecule has 1 aromatic rings. The second kappa shape index (κ2) is 6.18. The molecule has 0 atom stereocenters. The number of aryl methyl sites for hydroxylation is 2. The highest BCUT2D eigenvalue weighted by molar-refractivity contribution is 6.43. The second-order valence-electron chi connectivity index (χ2n) is 4.28. The first kappa shape index (κ1) is 14.0. The zero-order chi connectivity index (χ0) is 14.5. The number of carbonyl (C=O) groups excluding carboxylic acids is 2. The maximum absolute atomic E-state index is 11.9. The summed E-state index contributed by atoms with van der Waals surface area (Å²) in [6, 6.07) is 0. The average Bonchev–Trinajstić information content (AvgIpc) is 2.47. The highest BCUT2D eigenvalue weighted by Gasteiger charge is 2.19. The summed E-state index contributed by atoms with van der Waals surface area (Å²) < 4.78 is 0. The molecule has 2 N–H and O–H groups in total. The zero-order valence-electron chi connectivity index (χ0n) is 11.4. The van der Waals surface area contributed by atoms with Crippen molar-refractivity contribution in [1.29, 1.82) is 0 Å². The molecule has 0 saturated heterocycles. The van der Waals surface area contributed by atoms with Crippen LogP contribution in [0.5, 0.6) is 0 Å². The molecule has 20 heavy (non-hydrogen) atoms. The lowest BCUT2D eigenvalue weighted by Crippen LogP contribution is -2.33. The number of anilines is 1. The van der Waals surface area contributed by atoms with Crippen LogP contribution >= 0.6 is 0 Å². The van der Waals surface area contributed by atoms with Gasteiger partial charge in [-0.3, -0.25) is 14.9 Å². The van der Waals surface area contributed by atoms with Crippen LogP contribution in [-0.4, -0.2) is 32.7 Å². The van der Waals surface area contributed by atoms with E-state index < -0.39 is 5.91 Å². The summed E-state index contributed by atoms with van der Waals surface area (Å²) in [5.74, 6) is -0.457. The SMILES string of the molecule is CCc1nnc(NC(=O)C2=NNC(=O)CC2)nc1CC. The summed E-state index contributed by atoms with van der Waals surface area (Å²) in [6.07, 6.45) is 2.02. The van der Waals surface area contributed by atoms with E-state index in [9.17, 15) is 9.59 Å². The van der Waals surface area contributed by atoms with Crippen molar-refractivity contribution >= 4 is 23.5 Å². The van der Waals surface area contributed by atoms with Crippen LogP contribution in [0.2, 0.25) is 0 Å². The van der Waals surface area contributed by atoms with E-state index in [1.807, 2.05) is 13.8 Å². The fourth-order valence-electron chi connectivity index (χ4n) is 1.80. The quantitative estimate of drug-likeness (QED) is 0.816. The Morgan fingerprint density at radius 1 is 1.20 bits per heavy atom. The van der Waals surface area contributed by atoms with Crippen LogP contribution in [-0.2, 0) is 22.4 Å². The van der Waals surface area contributed by atoms with Crippen LogP contribution in [0, 0.1) is 0 Å². The van der Waals surface area contributed by atoms with Gasteiger partial charge < -0.3 is 0 Å². The molecule has 0 radical (unpaired) electrons. The molecule has 0 spiro atoms. The van der Waals surface area contributed by atoms with Crippen LogP contribution < -0.4 is 10.7 Å². The lowest BCUT2D eigenvalue weighted by Gasteiger charge is -2.11.